The van der Waals surface area contributed by atoms with Crippen LogP contribution in [0.5, 0.6) is 0 Å². The Balaban J connectivity index is 0.000000440. The van der Waals surface area contributed by atoms with Crippen LogP contribution < -0.4 is 59.1 Å². The molecule has 9 saturated heterocycles. The van der Waals surface area contributed by atoms with E-state index in [1.807, 2.05) is 103 Å². The van der Waals surface area contributed by atoms with E-state index in [0.717, 1.165) is 38.5 Å². The molecular weight excluding hydrogens is 1410 g/mol. The number of hydrogen-bond donors (Lipinski definition) is 6. The molecule has 8 N–H and O–H groups in total. The minimum Gasteiger partial charge on any atom is -0.870 e. The molecule has 10 rings (SSSR count). The Morgan fingerprint density at radius 2 is 0.907 bits per heavy atom. The van der Waals surface area contributed by atoms with E-state index >= 15 is 0 Å². The van der Waals surface area contributed by atoms with Crippen molar-refractivity contribution in [2.24, 2.45) is 82.9 Å². The predicted octanol–water partition coefficient (Wildman–Crippen LogP) is 6.55. The van der Waals surface area contributed by atoms with Crippen LogP contribution in [-0.4, -0.2) is 197 Å². The van der Waals surface area contributed by atoms with E-state index in [9.17, 15) is 49.8 Å². The van der Waals surface area contributed by atoms with Crippen molar-refractivity contribution < 1.29 is 169 Å². The van der Waals surface area contributed by atoms with Gasteiger partial charge in [-0.15, -0.1) is 11.8 Å². The van der Waals surface area contributed by atoms with Crippen LogP contribution in [0.3, 0.4) is 0 Å². The first kappa shape index (κ1) is 98.3. The number of aliphatic hydroxyl groups is 6. The molecule has 0 amide bonds. The molecule has 10 heterocycles. The maximum absolute atomic E-state index is 14.4. The number of Topliss-reactive ketones (excluding diaryl/α,β-unsaturated/α-hetero) is 2. The molecular formula is C84H144Na2O22-2. The molecule has 10 aliphatic rings. The van der Waals surface area contributed by atoms with E-state index in [-0.39, 0.29) is 191 Å². The molecule has 10 aliphatic heterocycles. The van der Waals surface area contributed by atoms with Gasteiger partial charge in [0.15, 0.2) is 17.4 Å². The minimum atomic E-state index is -1.36. The van der Waals surface area contributed by atoms with Gasteiger partial charge in [-0.1, -0.05) is 124 Å². The zero-order chi connectivity index (χ0) is 76.8. The Bertz CT molecular complexity index is 2910. The molecule has 9 fully saturated rings. The van der Waals surface area contributed by atoms with Crippen molar-refractivity contribution in [3.63, 3.8) is 0 Å². The zero-order valence-corrected chi connectivity index (χ0v) is 74.2. The smallest absolute Gasteiger partial charge is 0.870 e. The summed E-state index contributed by atoms with van der Waals surface area (Å²) in [5, 5.41) is 68.4. The van der Waals surface area contributed by atoms with Crippen molar-refractivity contribution >= 4 is 24.1 Å². The van der Waals surface area contributed by atoms with Crippen LogP contribution in [0.15, 0.2) is 12.2 Å². The largest absolute Gasteiger partial charge is 1.00 e. The van der Waals surface area contributed by atoms with Gasteiger partial charge in [0.1, 0.15) is 23.8 Å². The third-order valence-electron chi connectivity index (χ3n) is 29.0. The van der Waals surface area contributed by atoms with Gasteiger partial charge < -0.3 is 98.5 Å². The average molecular weight is 1550 g/mol. The Hall–Kier alpha value is -0.300. The quantitative estimate of drug-likeness (QED) is 0.0339. The molecule has 616 valence electrons. The van der Waals surface area contributed by atoms with Crippen LogP contribution in [0.4, 0.5) is 0 Å². The van der Waals surface area contributed by atoms with Gasteiger partial charge in [-0.05, 0) is 173 Å². The van der Waals surface area contributed by atoms with E-state index in [1.54, 1.807) is 6.08 Å². The van der Waals surface area contributed by atoms with Crippen LogP contribution in [0.25, 0.3) is 0 Å². The second kappa shape index (κ2) is 39.5. The van der Waals surface area contributed by atoms with Gasteiger partial charge in [0.2, 0.25) is 5.79 Å². The third-order valence-corrected chi connectivity index (χ3v) is 29.0. The number of hydrogen-bond acceptors (Lipinski definition) is 22. The van der Waals surface area contributed by atoms with Gasteiger partial charge in [-0.25, -0.2) is 0 Å². The molecule has 0 aromatic heterocycles. The molecule has 0 aromatic carbocycles. The molecule has 24 heteroatoms. The summed E-state index contributed by atoms with van der Waals surface area (Å²) < 4.78 is 67.4. The average Bonchev–Trinajstić information content (AvgIpc) is 1.68. The third kappa shape index (κ3) is 19.5. The summed E-state index contributed by atoms with van der Waals surface area (Å²) in [6.45, 7) is 40.0. The predicted molar refractivity (Wildman–Crippen MR) is 399 cm³/mol. The van der Waals surface area contributed by atoms with E-state index in [0.29, 0.717) is 103 Å². The number of ether oxygens (including phenoxy) is 10. The van der Waals surface area contributed by atoms with Crippen LogP contribution >= 0.6 is 0 Å². The van der Waals surface area contributed by atoms with E-state index in [4.69, 9.17) is 47.4 Å². The standard InChI is InChI=1S/C42H71O10.C42H69O10.2Na.2H2O.H2/c2*1-11-30(23-43)32-15-14-24(4)37(49-32)28(8)35(45)27(7)36(46)31(12-2)38-25(5)22-26(6)41(50-38)19-16-33(44)42(52-41)21-20-39(10,51-42)34-17-18-40(47,13-3)29(9)48-34;;;;;/h24-35,37-38,44-45,47H,11-22H2,1-10H3;16,19,24-35,37-38,44-45,47H,11-15,17-18,20-22H2,1-10H3;;;2*1H2;1H/q2*-1;2*+1;;;/p-2/t2*24-,25-,26+,27-,28-,29-,30-,31-,32+,33+,34+,35+,37+,38-,39-,40+,41-,42-;;;;;/m00...../s1. The number of rotatable bonds is 24. The SMILES string of the molecule is CC[C@@H]([C-]=O)[C@H]1CC[C@H](C)[C@H]([C@@H](C)[C@H](O)[C@H](C)C(=O)[C@H](CC)[C@H]2O[C@]3(C=C[C@@H](O)[C@]4(CC[C@@](C)([C@H]5CC[C@](O)(CC)[C@H](C)O5)O4)O3)[C@H](C)C[C@@H]2C)O1.CC[C@@H]([C-]=O)[C@H]1CC[C@H](C)[C@H]([C@@H](C)[C@H](O)[C@H](C)C(=O)[C@H](CC)[C@H]2O[C@]3(CC[C@@H](O)[C@]4(CC[C@@](C)([C@H]5CC[C@](O)(CC)[C@H](C)O5)O4)O3)[C@H](C)C[C@@H]2C)O1.[HH].[Na+].[Na+].[OH-].[OH-]. The Morgan fingerprint density at radius 3 is 1.31 bits per heavy atom. The van der Waals surface area contributed by atoms with Crippen molar-refractivity contribution in [3.05, 3.63) is 12.2 Å². The number of ketones is 2. The van der Waals surface area contributed by atoms with Crippen molar-refractivity contribution in [3.8, 4) is 0 Å². The fourth-order valence-corrected chi connectivity index (χ4v) is 21.0. The van der Waals surface area contributed by atoms with Gasteiger partial charge >= 0.3 is 59.1 Å². The first-order valence-electron chi connectivity index (χ1n) is 41.3. The van der Waals surface area contributed by atoms with Crippen LogP contribution in [0, 0.1) is 82.9 Å². The number of carbonyl (C=O) groups excluding carboxylic acids is 4. The maximum Gasteiger partial charge on any atom is 1.00 e. The molecule has 0 bridgehead atoms. The first-order valence-corrected chi connectivity index (χ1v) is 41.3. The normalized spacial score (nSPS) is 45.2. The van der Waals surface area contributed by atoms with Gasteiger partial charge in [0.05, 0.1) is 83.4 Å². The van der Waals surface area contributed by atoms with Crippen molar-refractivity contribution in [1.82, 2.24) is 0 Å². The van der Waals surface area contributed by atoms with E-state index in [1.165, 1.54) is 0 Å². The minimum absolute atomic E-state index is 0. The van der Waals surface area contributed by atoms with Crippen LogP contribution in [0.2, 0.25) is 0 Å². The van der Waals surface area contributed by atoms with Crippen LogP contribution in [-0.2, 0) is 66.5 Å². The maximum atomic E-state index is 14.4. The molecule has 0 unspecified atom stereocenters. The fraction of sp³-hybridized carbons (Fsp3) is 0.929. The van der Waals surface area contributed by atoms with E-state index in [2.05, 4.69) is 54.1 Å². The molecule has 0 radical (unpaired) electrons. The first-order chi connectivity index (χ1) is 48.9. The van der Waals surface area contributed by atoms with Gasteiger partial charge in [0.25, 0.3) is 0 Å². The van der Waals surface area contributed by atoms with Crippen LogP contribution in [0.1, 0.15) is 281 Å². The second-order valence-corrected chi connectivity index (χ2v) is 35.7. The summed E-state index contributed by atoms with van der Waals surface area (Å²) in [6, 6.07) is 0. The Labute approximate surface area is 693 Å². The number of aliphatic hydroxyl groups excluding tert-OH is 4. The molecule has 22 nitrogen and oxygen atoms in total. The topological polar surface area (TPSA) is 342 Å². The molecule has 108 heavy (non-hydrogen) atoms. The van der Waals surface area contributed by atoms with E-state index < -0.39 is 106 Å². The monoisotopic (exact) mass is 1550 g/mol. The van der Waals surface area contributed by atoms with Crippen molar-refractivity contribution in [2.75, 3.05) is 0 Å². The van der Waals surface area contributed by atoms with Gasteiger partial charge in [-0.2, -0.15) is 0 Å². The second-order valence-electron chi connectivity index (χ2n) is 35.7. The Kier molecular flexibility index (Phi) is 36.0. The summed E-state index contributed by atoms with van der Waals surface area (Å²) in [7, 11) is 0. The summed E-state index contributed by atoms with van der Waals surface area (Å²) in [6.07, 6.45) is 15.1. The van der Waals surface area contributed by atoms with Gasteiger partial charge in [-0.3, -0.25) is 22.2 Å². The molecule has 0 aliphatic carbocycles. The molecule has 4 spiro atoms. The van der Waals surface area contributed by atoms with Gasteiger partial charge in [0, 0.05) is 80.2 Å². The summed E-state index contributed by atoms with van der Waals surface area (Å²) >= 11 is 0. The molecule has 0 aromatic rings. The molecule has 36 atom stereocenters. The fourth-order valence-electron chi connectivity index (χ4n) is 21.0. The Morgan fingerprint density at radius 1 is 0.491 bits per heavy atom. The zero-order valence-electron chi connectivity index (χ0n) is 70.2. The number of carbonyl (C=O) groups is 2. The summed E-state index contributed by atoms with van der Waals surface area (Å²) in [5.41, 5.74) is -3.18. The van der Waals surface area contributed by atoms with Crippen molar-refractivity contribution in [1.29, 1.82) is 0 Å². The van der Waals surface area contributed by atoms with Crippen molar-refractivity contribution in [2.45, 2.75) is 411 Å². The summed E-state index contributed by atoms with van der Waals surface area (Å²) in [5.74, 6) is -8.07. The summed E-state index contributed by atoms with van der Waals surface area (Å²) in [4.78, 5) is 52.1. The molecule has 0 saturated carbocycles.